The molecule has 4 nitrogen and oxygen atoms in total. The minimum atomic E-state index is -0.189. The van der Waals surface area contributed by atoms with Crippen LogP contribution in [0.25, 0.3) is 0 Å². The largest absolute Gasteiger partial charge is 0.370 e. The molecule has 2 aliphatic rings. The van der Waals surface area contributed by atoms with Crippen LogP contribution in [0.15, 0.2) is 0 Å². The third-order valence-corrected chi connectivity index (χ3v) is 3.11. The molecule has 2 aliphatic heterocycles. The lowest BCUT2D eigenvalue weighted by Crippen LogP contribution is -2.56. The molecule has 2 unspecified atom stereocenters. The predicted molar refractivity (Wildman–Crippen MR) is 50.2 cm³/mol. The van der Waals surface area contributed by atoms with Crippen molar-refractivity contribution in [3.63, 3.8) is 0 Å². The van der Waals surface area contributed by atoms with Gasteiger partial charge in [0, 0.05) is 31.6 Å². The van der Waals surface area contributed by atoms with Crippen molar-refractivity contribution in [3.05, 3.63) is 0 Å². The average molecular weight is 183 g/mol. The van der Waals surface area contributed by atoms with Crippen LogP contribution >= 0.6 is 0 Å². The van der Waals surface area contributed by atoms with E-state index in [0.29, 0.717) is 18.5 Å². The van der Waals surface area contributed by atoms with Gasteiger partial charge >= 0.3 is 0 Å². The molecule has 13 heavy (non-hydrogen) atoms. The van der Waals surface area contributed by atoms with Gasteiger partial charge in [0.1, 0.15) is 0 Å². The first kappa shape index (κ1) is 8.97. The number of rotatable bonds is 2. The molecule has 2 fully saturated rings. The van der Waals surface area contributed by atoms with E-state index in [1.807, 2.05) is 0 Å². The normalized spacial score (nSPS) is 34.5. The summed E-state index contributed by atoms with van der Waals surface area (Å²) >= 11 is 0. The molecular formula is C9H17N3O. The molecule has 0 aliphatic carbocycles. The van der Waals surface area contributed by atoms with Gasteiger partial charge in [-0.15, -0.1) is 0 Å². The summed E-state index contributed by atoms with van der Waals surface area (Å²) in [6.45, 7) is 3.32. The second kappa shape index (κ2) is 3.64. The zero-order valence-corrected chi connectivity index (χ0v) is 7.83. The Hall–Kier alpha value is -0.610. The molecule has 2 rings (SSSR count). The van der Waals surface area contributed by atoms with Crippen LogP contribution in [0.1, 0.15) is 19.3 Å². The highest BCUT2D eigenvalue weighted by Crippen LogP contribution is 2.23. The number of nitrogens with two attached hydrogens (primary N) is 1. The Morgan fingerprint density at radius 2 is 2.38 bits per heavy atom. The van der Waals surface area contributed by atoms with Crippen molar-refractivity contribution in [1.82, 2.24) is 10.2 Å². The fourth-order valence-corrected chi connectivity index (χ4v) is 2.54. The summed E-state index contributed by atoms with van der Waals surface area (Å²) in [7, 11) is 0. The summed E-state index contributed by atoms with van der Waals surface area (Å²) in [6, 6.07) is 0.856. The van der Waals surface area contributed by atoms with Crippen LogP contribution in [0.5, 0.6) is 0 Å². The second-order valence-electron chi connectivity index (χ2n) is 3.98. The summed E-state index contributed by atoms with van der Waals surface area (Å²) in [6.07, 6.45) is 2.97. The first-order valence-corrected chi connectivity index (χ1v) is 5.03. The van der Waals surface area contributed by atoms with Gasteiger partial charge < -0.3 is 11.1 Å². The van der Waals surface area contributed by atoms with Gasteiger partial charge in [0.25, 0.3) is 0 Å². The SMILES string of the molecule is NC(=O)CC1NCCN2CCCC12. The van der Waals surface area contributed by atoms with Crippen LogP contribution in [0, 0.1) is 0 Å². The molecule has 2 heterocycles. The van der Waals surface area contributed by atoms with Gasteiger partial charge in [-0.05, 0) is 19.4 Å². The third kappa shape index (κ3) is 1.84. The number of hydrogen-bond acceptors (Lipinski definition) is 3. The van der Waals surface area contributed by atoms with Gasteiger partial charge in [-0.3, -0.25) is 9.69 Å². The van der Waals surface area contributed by atoms with Crippen molar-refractivity contribution in [3.8, 4) is 0 Å². The highest BCUT2D eigenvalue weighted by Gasteiger charge is 2.34. The standard InChI is InChI=1S/C9H17N3O/c10-9(13)6-7-8-2-1-4-12(8)5-3-11-7/h7-8,11H,1-6H2,(H2,10,13). The van der Waals surface area contributed by atoms with E-state index in [1.54, 1.807) is 0 Å². The first-order valence-electron chi connectivity index (χ1n) is 5.03. The lowest BCUT2D eigenvalue weighted by molar-refractivity contribution is -0.119. The van der Waals surface area contributed by atoms with E-state index in [4.69, 9.17) is 5.73 Å². The molecule has 0 spiro atoms. The van der Waals surface area contributed by atoms with Crippen LogP contribution in [-0.4, -0.2) is 42.5 Å². The minimum absolute atomic E-state index is 0.189. The van der Waals surface area contributed by atoms with Gasteiger partial charge in [0.15, 0.2) is 0 Å². The molecule has 0 aromatic carbocycles. The smallest absolute Gasteiger partial charge is 0.219 e. The Balaban J connectivity index is 1.97. The van der Waals surface area contributed by atoms with Gasteiger partial charge in [-0.2, -0.15) is 0 Å². The Morgan fingerprint density at radius 3 is 3.15 bits per heavy atom. The van der Waals surface area contributed by atoms with E-state index in [9.17, 15) is 4.79 Å². The average Bonchev–Trinajstić information content (AvgIpc) is 2.51. The van der Waals surface area contributed by atoms with Gasteiger partial charge in [-0.25, -0.2) is 0 Å². The van der Waals surface area contributed by atoms with Crippen molar-refractivity contribution in [2.75, 3.05) is 19.6 Å². The summed E-state index contributed by atoms with van der Waals surface area (Å²) in [4.78, 5) is 13.3. The highest BCUT2D eigenvalue weighted by atomic mass is 16.1. The van der Waals surface area contributed by atoms with E-state index in [1.165, 1.54) is 19.4 Å². The molecule has 0 aromatic heterocycles. The molecule has 2 saturated heterocycles. The molecular weight excluding hydrogens is 166 g/mol. The van der Waals surface area contributed by atoms with Crippen molar-refractivity contribution in [1.29, 1.82) is 0 Å². The second-order valence-corrected chi connectivity index (χ2v) is 3.98. The molecule has 0 saturated carbocycles. The van der Waals surface area contributed by atoms with E-state index in [0.717, 1.165) is 13.1 Å². The molecule has 2 atom stereocenters. The number of primary amides is 1. The van der Waals surface area contributed by atoms with Gasteiger partial charge in [-0.1, -0.05) is 0 Å². The summed E-state index contributed by atoms with van der Waals surface area (Å²) in [5.41, 5.74) is 5.21. The Morgan fingerprint density at radius 1 is 1.54 bits per heavy atom. The Bertz CT molecular complexity index is 207. The molecule has 0 aromatic rings. The van der Waals surface area contributed by atoms with E-state index in [2.05, 4.69) is 10.2 Å². The fourth-order valence-electron chi connectivity index (χ4n) is 2.54. The van der Waals surface area contributed by atoms with Crippen LogP contribution < -0.4 is 11.1 Å². The monoisotopic (exact) mass is 183 g/mol. The number of nitrogens with zero attached hydrogens (tertiary/aromatic N) is 1. The lowest BCUT2D eigenvalue weighted by Gasteiger charge is -2.37. The van der Waals surface area contributed by atoms with Crippen molar-refractivity contribution in [2.45, 2.75) is 31.3 Å². The number of amides is 1. The van der Waals surface area contributed by atoms with Crippen molar-refractivity contribution >= 4 is 5.91 Å². The van der Waals surface area contributed by atoms with Crippen LogP contribution in [0.2, 0.25) is 0 Å². The number of fused-ring (bicyclic) bond motifs is 1. The van der Waals surface area contributed by atoms with Gasteiger partial charge in [0.2, 0.25) is 5.91 Å². The lowest BCUT2D eigenvalue weighted by atomic mass is 10.00. The maximum atomic E-state index is 10.8. The molecule has 0 bridgehead atoms. The van der Waals surface area contributed by atoms with Crippen molar-refractivity contribution < 1.29 is 4.79 Å². The Labute approximate surface area is 78.5 Å². The number of hydrogen-bond donors (Lipinski definition) is 2. The van der Waals surface area contributed by atoms with Crippen LogP contribution in [0.3, 0.4) is 0 Å². The zero-order valence-electron chi connectivity index (χ0n) is 7.83. The molecule has 74 valence electrons. The highest BCUT2D eigenvalue weighted by molar-refractivity contribution is 5.74. The molecule has 0 radical (unpaired) electrons. The number of piperazine rings is 1. The molecule has 4 heteroatoms. The van der Waals surface area contributed by atoms with E-state index >= 15 is 0 Å². The summed E-state index contributed by atoms with van der Waals surface area (Å²) < 4.78 is 0. The summed E-state index contributed by atoms with van der Waals surface area (Å²) in [5.74, 6) is -0.189. The Kier molecular flexibility index (Phi) is 2.51. The number of nitrogens with one attached hydrogen (secondary N) is 1. The predicted octanol–water partition coefficient (Wildman–Crippen LogP) is -0.702. The topological polar surface area (TPSA) is 58.4 Å². The zero-order chi connectivity index (χ0) is 9.26. The molecule has 1 amide bonds. The maximum Gasteiger partial charge on any atom is 0.219 e. The minimum Gasteiger partial charge on any atom is -0.370 e. The number of carbonyl (C=O) groups is 1. The quantitative estimate of drug-likeness (QED) is 0.595. The first-order chi connectivity index (χ1) is 6.27. The van der Waals surface area contributed by atoms with Crippen LogP contribution in [0.4, 0.5) is 0 Å². The third-order valence-electron chi connectivity index (χ3n) is 3.11. The van der Waals surface area contributed by atoms with E-state index < -0.39 is 0 Å². The maximum absolute atomic E-state index is 10.8. The number of carbonyl (C=O) groups excluding carboxylic acids is 1. The van der Waals surface area contributed by atoms with Crippen LogP contribution in [-0.2, 0) is 4.79 Å². The van der Waals surface area contributed by atoms with Crippen molar-refractivity contribution in [2.24, 2.45) is 5.73 Å². The molecule has 3 N–H and O–H groups in total. The van der Waals surface area contributed by atoms with E-state index in [-0.39, 0.29) is 5.91 Å². The van der Waals surface area contributed by atoms with Gasteiger partial charge in [0.05, 0.1) is 0 Å². The fraction of sp³-hybridized carbons (Fsp3) is 0.889. The summed E-state index contributed by atoms with van der Waals surface area (Å²) in [5, 5.41) is 3.38.